The van der Waals surface area contributed by atoms with E-state index < -0.39 is 24.5 Å². The highest BCUT2D eigenvalue weighted by Gasteiger charge is 2.20. The second kappa shape index (κ2) is 7.09. The van der Waals surface area contributed by atoms with Crippen LogP contribution in [0.15, 0.2) is 5.10 Å². The van der Waals surface area contributed by atoms with E-state index in [1.165, 1.54) is 0 Å². The molecule has 1 heterocycles. The quantitative estimate of drug-likeness (QED) is 0.544. The number of amides is 4. The van der Waals surface area contributed by atoms with Gasteiger partial charge in [0.05, 0.1) is 0 Å². The minimum absolute atomic E-state index is 0.0328. The molecule has 0 atom stereocenters. The number of hydrazone groups is 1. The SMILES string of the molecule is CCNC(=O)NC(=O)COC(=O)C1=NNC(=O)CC1. The number of hydrogen-bond donors (Lipinski definition) is 3. The molecule has 0 aromatic rings. The Morgan fingerprint density at radius 3 is 2.68 bits per heavy atom. The van der Waals surface area contributed by atoms with Crippen LogP contribution in [-0.2, 0) is 19.1 Å². The molecule has 0 aromatic carbocycles. The third-order valence-corrected chi connectivity index (χ3v) is 2.06. The first-order valence-corrected chi connectivity index (χ1v) is 5.63. The molecule has 1 aliphatic heterocycles. The van der Waals surface area contributed by atoms with Crippen LogP contribution in [0.4, 0.5) is 4.79 Å². The average molecular weight is 270 g/mol. The molecular weight excluding hydrogens is 256 g/mol. The number of imide groups is 1. The highest BCUT2D eigenvalue weighted by atomic mass is 16.5. The van der Waals surface area contributed by atoms with E-state index in [4.69, 9.17) is 0 Å². The molecule has 0 unspecified atom stereocenters. The molecule has 1 rings (SSSR count). The predicted molar refractivity (Wildman–Crippen MR) is 63.0 cm³/mol. The molecule has 4 amide bonds. The Morgan fingerprint density at radius 2 is 2.11 bits per heavy atom. The number of hydrogen-bond acceptors (Lipinski definition) is 6. The smallest absolute Gasteiger partial charge is 0.355 e. The molecule has 0 spiro atoms. The number of ether oxygens (including phenoxy) is 1. The van der Waals surface area contributed by atoms with E-state index in [1.54, 1.807) is 6.92 Å². The van der Waals surface area contributed by atoms with Gasteiger partial charge in [-0.1, -0.05) is 0 Å². The van der Waals surface area contributed by atoms with Gasteiger partial charge in [0.15, 0.2) is 6.61 Å². The van der Waals surface area contributed by atoms with Crippen LogP contribution >= 0.6 is 0 Å². The number of rotatable bonds is 4. The van der Waals surface area contributed by atoms with Gasteiger partial charge in [0.1, 0.15) is 5.71 Å². The molecule has 9 nitrogen and oxygen atoms in total. The van der Waals surface area contributed by atoms with Crippen LogP contribution in [0.2, 0.25) is 0 Å². The van der Waals surface area contributed by atoms with E-state index in [2.05, 4.69) is 20.6 Å². The molecule has 0 bridgehead atoms. The summed E-state index contributed by atoms with van der Waals surface area (Å²) in [7, 11) is 0. The summed E-state index contributed by atoms with van der Waals surface area (Å²) in [5, 5.41) is 7.83. The Hall–Kier alpha value is -2.45. The zero-order chi connectivity index (χ0) is 14.3. The zero-order valence-corrected chi connectivity index (χ0v) is 10.3. The first-order valence-electron chi connectivity index (χ1n) is 5.63. The van der Waals surface area contributed by atoms with Crippen molar-refractivity contribution in [2.75, 3.05) is 13.2 Å². The van der Waals surface area contributed by atoms with E-state index in [0.717, 1.165) is 0 Å². The molecule has 104 valence electrons. The number of nitrogens with zero attached hydrogens (tertiary/aromatic N) is 1. The third-order valence-electron chi connectivity index (χ3n) is 2.06. The summed E-state index contributed by atoms with van der Waals surface area (Å²) >= 11 is 0. The fourth-order valence-corrected chi connectivity index (χ4v) is 1.20. The van der Waals surface area contributed by atoms with Crippen LogP contribution in [-0.4, -0.2) is 42.7 Å². The molecule has 3 N–H and O–H groups in total. The highest BCUT2D eigenvalue weighted by molar-refractivity contribution is 6.37. The summed E-state index contributed by atoms with van der Waals surface area (Å²) in [5.41, 5.74) is 2.17. The Morgan fingerprint density at radius 1 is 1.37 bits per heavy atom. The zero-order valence-electron chi connectivity index (χ0n) is 10.3. The van der Waals surface area contributed by atoms with Gasteiger partial charge in [-0.2, -0.15) is 5.10 Å². The standard InChI is InChI=1S/C10H14N4O5/c1-2-11-10(18)12-8(16)5-19-9(17)6-3-4-7(15)14-13-6/h2-5H2,1H3,(H,14,15)(H2,11,12,16,18). The fraction of sp³-hybridized carbons (Fsp3) is 0.500. The number of carbonyl (C=O) groups excluding carboxylic acids is 4. The number of esters is 1. The van der Waals surface area contributed by atoms with Gasteiger partial charge in [-0.15, -0.1) is 0 Å². The monoisotopic (exact) mass is 270 g/mol. The van der Waals surface area contributed by atoms with Crippen LogP contribution in [0.25, 0.3) is 0 Å². The Balaban J connectivity index is 2.32. The van der Waals surface area contributed by atoms with Crippen molar-refractivity contribution in [3.8, 4) is 0 Å². The second-order valence-electron chi connectivity index (χ2n) is 3.58. The van der Waals surface area contributed by atoms with Crippen molar-refractivity contribution in [2.45, 2.75) is 19.8 Å². The van der Waals surface area contributed by atoms with Gasteiger partial charge in [-0.25, -0.2) is 15.0 Å². The molecule has 19 heavy (non-hydrogen) atoms. The summed E-state index contributed by atoms with van der Waals surface area (Å²) in [6.07, 6.45) is 0.293. The lowest BCUT2D eigenvalue weighted by atomic mass is 10.2. The maximum atomic E-state index is 11.4. The molecular formula is C10H14N4O5. The van der Waals surface area contributed by atoms with Crippen LogP contribution in [0.1, 0.15) is 19.8 Å². The van der Waals surface area contributed by atoms with Crippen LogP contribution < -0.4 is 16.1 Å². The molecule has 0 aliphatic carbocycles. The topological polar surface area (TPSA) is 126 Å². The molecule has 9 heteroatoms. The van der Waals surface area contributed by atoms with Crippen molar-refractivity contribution in [1.29, 1.82) is 0 Å². The molecule has 0 fully saturated rings. The van der Waals surface area contributed by atoms with Gasteiger partial charge < -0.3 is 10.1 Å². The third kappa shape index (κ3) is 5.15. The lowest BCUT2D eigenvalue weighted by Gasteiger charge is -2.11. The van der Waals surface area contributed by atoms with Gasteiger partial charge in [0.2, 0.25) is 5.91 Å². The maximum absolute atomic E-state index is 11.4. The van der Waals surface area contributed by atoms with Crippen molar-refractivity contribution < 1.29 is 23.9 Å². The Labute approximate surface area is 108 Å². The molecule has 1 aliphatic rings. The van der Waals surface area contributed by atoms with Crippen molar-refractivity contribution in [1.82, 2.24) is 16.1 Å². The van der Waals surface area contributed by atoms with Gasteiger partial charge in [0, 0.05) is 19.4 Å². The van der Waals surface area contributed by atoms with Gasteiger partial charge in [-0.05, 0) is 6.92 Å². The number of carbonyl (C=O) groups is 4. The Bertz CT molecular complexity index is 432. The molecule has 0 saturated heterocycles. The van der Waals surface area contributed by atoms with Crippen molar-refractivity contribution >= 4 is 29.5 Å². The summed E-state index contributed by atoms with van der Waals surface area (Å²) in [4.78, 5) is 44.4. The summed E-state index contributed by atoms with van der Waals surface area (Å²) in [5.74, 6) is -1.84. The van der Waals surface area contributed by atoms with Crippen LogP contribution in [0.5, 0.6) is 0 Å². The Kier molecular flexibility index (Phi) is 5.45. The number of nitrogens with one attached hydrogen (secondary N) is 3. The average Bonchev–Trinajstić information content (AvgIpc) is 2.37. The van der Waals surface area contributed by atoms with E-state index in [-0.39, 0.29) is 24.5 Å². The summed E-state index contributed by atoms with van der Waals surface area (Å²) in [6, 6.07) is -0.661. The van der Waals surface area contributed by atoms with Gasteiger partial charge in [-0.3, -0.25) is 14.9 Å². The van der Waals surface area contributed by atoms with E-state index >= 15 is 0 Å². The maximum Gasteiger partial charge on any atom is 0.355 e. The van der Waals surface area contributed by atoms with E-state index in [0.29, 0.717) is 6.54 Å². The summed E-state index contributed by atoms with van der Waals surface area (Å²) < 4.78 is 4.64. The van der Waals surface area contributed by atoms with Crippen molar-refractivity contribution in [3.63, 3.8) is 0 Å². The molecule has 0 aromatic heterocycles. The molecule has 0 radical (unpaired) electrons. The summed E-state index contributed by atoms with van der Waals surface area (Å²) in [6.45, 7) is 1.47. The lowest BCUT2D eigenvalue weighted by Crippen LogP contribution is -2.41. The largest absolute Gasteiger partial charge is 0.451 e. The minimum atomic E-state index is -0.800. The van der Waals surface area contributed by atoms with Gasteiger partial charge >= 0.3 is 12.0 Å². The van der Waals surface area contributed by atoms with Crippen LogP contribution in [0.3, 0.4) is 0 Å². The fourth-order valence-electron chi connectivity index (χ4n) is 1.20. The van der Waals surface area contributed by atoms with Crippen molar-refractivity contribution in [3.05, 3.63) is 0 Å². The lowest BCUT2D eigenvalue weighted by molar-refractivity contribution is -0.142. The first-order chi connectivity index (χ1) is 9.02. The minimum Gasteiger partial charge on any atom is -0.451 e. The molecule has 0 saturated carbocycles. The van der Waals surface area contributed by atoms with E-state index in [1.807, 2.05) is 5.32 Å². The highest BCUT2D eigenvalue weighted by Crippen LogP contribution is 2.01. The van der Waals surface area contributed by atoms with Gasteiger partial charge in [0.25, 0.3) is 5.91 Å². The van der Waals surface area contributed by atoms with Crippen molar-refractivity contribution in [2.24, 2.45) is 5.10 Å². The first kappa shape index (κ1) is 14.6. The second-order valence-corrected chi connectivity index (χ2v) is 3.58. The van der Waals surface area contributed by atoms with Crippen LogP contribution in [0, 0.1) is 0 Å². The predicted octanol–water partition coefficient (Wildman–Crippen LogP) is -1.36. The normalized spacial score (nSPS) is 13.9. The number of urea groups is 1. The van der Waals surface area contributed by atoms with E-state index in [9.17, 15) is 19.2 Å².